The van der Waals surface area contributed by atoms with Gasteiger partial charge in [-0.3, -0.25) is 0 Å². The first-order chi connectivity index (χ1) is 15.1. The molecule has 1 saturated carbocycles. The smallest absolute Gasteiger partial charge is 0.333 e. The zero-order chi connectivity index (χ0) is 22.6. The van der Waals surface area contributed by atoms with Gasteiger partial charge in [-0.15, -0.1) is 0 Å². The molecule has 3 heteroatoms. The Kier molecular flexibility index (Phi) is 18.0. The van der Waals surface area contributed by atoms with Crippen LogP contribution in [-0.4, -0.2) is 24.8 Å². The first-order valence-corrected chi connectivity index (χ1v) is 13.6. The van der Waals surface area contributed by atoms with Crippen LogP contribution in [0.2, 0.25) is 0 Å². The van der Waals surface area contributed by atoms with Crippen LogP contribution in [0.25, 0.3) is 0 Å². The third-order valence-corrected chi connectivity index (χ3v) is 6.59. The van der Waals surface area contributed by atoms with Gasteiger partial charge in [0.05, 0.1) is 6.10 Å². The minimum Gasteiger partial charge on any atom is -0.459 e. The molecule has 0 bridgehead atoms. The largest absolute Gasteiger partial charge is 0.459 e. The fourth-order valence-corrected chi connectivity index (χ4v) is 4.47. The summed E-state index contributed by atoms with van der Waals surface area (Å²) in [6.07, 6.45) is 26.7. The highest BCUT2D eigenvalue weighted by Crippen LogP contribution is 2.24. The minimum atomic E-state index is -0.252. The number of carbonyl (C=O) groups is 1. The van der Waals surface area contributed by atoms with Crippen molar-refractivity contribution in [3.8, 4) is 0 Å². The van der Waals surface area contributed by atoms with E-state index in [-0.39, 0.29) is 12.1 Å². The van der Waals surface area contributed by atoms with Gasteiger partial charge in [-0.2, -0.15) is 0 Å². The Morgan fingerprint density at radius 2 is 1.06 bits per heavy atom. The summed E-state index contributed by atoms with van der Waals surface area (Å²) < 4.78 is 11.5. The lowest BCUT2D eigenvalue weighted by Crippen LogP contribution is -2.28. The molecule has 0 aliphatic heterocycles. The second kappa shape index (κ2) is 19.8. The van der Waals surface area contributed by atoms with Gasteiger partial charge in [-0.1, -0.05) is 110 Å². The van der Waals surface area contributed by atoms with Crippen molar-refractivity contribution in [2.75, 3.05) is 6.61 Å². The van der Waals surface area contributed by atoms with Gasteiger partial charge in [0.1, 0.15) is 6.10 Å². The molecule has 0 saturated heterocycles. The summed E-state index contributed by atoms with van der Waals surface area (Å²) in [6, 6.07) is 0. The molecule has 0 aromatic carbocycles. The van der Waals surface area contributed by atoms with E-state index in [1.165, 1.54) is 103 Å². The lowest BCUT2D eigenvalue weighted by atomic mass is 9.95. The second-order valence-electron chi connectivity index (χ2n) is 9.76. The molecule has 0 amide bonds. The predicted octanol–water partition coefficient (Wildman–Crippen LogP) is 8.70. The molecule has 31 heavy (non-hydrogen) atoms. The van der Waals surface area contributed by atoms with Crippen LogP contribution in [-0.2, 0) is 14.3 Å². The molecule has 0 radical (unpaired) electrons. The second-order valence-corrected chi connectivity index (χ2v) is 9.76. The van der Waals surface area contributed by atoms with Crippen molar-refractivity contribution in [2.45, 2.75) is 154 Å². The van der Waals surface area contributed by atoms with Crippen LogP contribution in [0.5, 0.6) is 0 Å². The lowest BCUT2D eigenvalue weighted by Gasteiger charge is -2.28. The van der Waals surface area contributed by atoms with Gasteiger partial charge < -0.3 is 9.47 Å². The van der Waals surface area contributed by atoms with Crippen LogP contribution in [0.3, 0.4) is 0 Å². The Bertz CT molecular complexity index is 438. The average molecular weight is 437 g/mol. The van der Waals surface area contributed by atoms with Crippen LogP contribution in [0.15, 0.2) is 12.2 Å². The van der Waals surface area contributed by atoms with Crippen molar-refractivity contribution in [3.05, 3.63) is 12.2 Å². The Labute approximate surface area is 193 Å². The summed E-state index contributed by atoms with van der Waals surface area (Å²) in [5.41, 5.74) is 0.488. The maximum absolute atomic E-state index is 11.6. The van der Waals surface area contributed by atoms with Crippen molar-refractivity contribution >= 4 is 5.97 Å². The van der Waals surface area contributed by atoms with Gasteiger partial charge in [-0.25, -0.2) is 4.79 Å². The average Bonchev–Trinajstić information content (AvgIpc) is 2.77. The molecule has 0 spiro atoms. The van der Waals surface area contributed by atoms with Gasteiger partial charge >= 0.3 is 5.97 Å². The van der Waals surface area contributed by atoms with E-state index in [1.807, 2.05) is 0 Å². The fourth-order valence-electron chi connectivity index (χ4n) is 4.47. The highest BCUT2D eigenvalue weighted by atomic mass is 16.5. The number of hydrogen-bond donors (Lipinski definition) is 0. The van der Waals surface area contributed by atoms with E-state index in [0.29, 0.717) is 11.7 Å². The zero-order valence-corrected chi connectivity index (χ0v) is 20.9. The molecule has 0 aromatic rings. The topological polar surface area (TPSA) is 35.5 Å². The molecular formula is C28H52O3. The molecule has 1 fully saturated rings. The van der Waals surface area contributed by atoms with Crippen molar-refractivity contribution in [1.82, 2.24) is 0 Å². The summed E-state index contributed by atoms with van der Waals surface area (Å²) in [5.74, 6) is -0.252. The van der Waals surface area contributed by atoms with E-state index in [9.17, 15) is 4.79 Å². The molecule has 1 aliphatic rings. The first-order valence-electron chi connectivity index (χ1n) is 13.6. The monoisotopic (exact) mass is 436 g/mol. The van der Waals surface area contributed by atoms with E-state index < -0.39 is 0 Å². The van der Waals surface area contributed by atoms with Crippen molar-refractivity contribution in [3.63, 3.8) is 0 Å². The van der Waals surface area contributed by atoms with Gasteiger partial charge in [0.15, 0.2) is 0 Å². The number of esters is 1. The standard InChI is InChI=1S/C28H52O3/c1-4-5-6-7-8-9-10-11-12-13-14-15-16-17-18-19-24-30-26-20-22-27(23-21-26)31-28(29)25(2)3/h26-27H,2,4-24H2,1,3H3. The quantitative estimate of drug-likeness (QED) is 0.109. The van der Waals surface area contributed by atoms with Crippen LogP contribution < -0.4 is 0 Å². The van der Waals surface area contributed by atoms with E-state index in [1.54, 1.807) is 6.92 Å². The van der Waals surface area contributed by atoms with Crippen LogP contribution in [0, 0.1) is 0 Å². The van der Waals surface area contributed by atoms with Crippen molar-refractivity contribution in [1.29, 1.82) is 0 Å². The van der Waals surface area contributed by atoms with Gasteiger partial charge in [0, 0.05) is 12.2 Å². The molecule has 0 aromatic heterocycles. The Balaban J connectivity index is 1.78. The lowest BCUT2D eigenvalue weighted by molar-refractivity contribution is -0.147. The third-order valence-electron chi connectivity index (χ3n) is 6.59. The van der Waals surface area contributed by atoms with Crippen LogP contribution in [0.1, 0.15) is 142 Å². The summed E-state index contributed by atoms with van der Waals surface area (Å²) in [4.78, 5) is 11.6. The molecule has 3 nitrogen and oxygen atoms in total. The van der Waals surface area contributed by atoms with Gasteiger partial charge in [0.2, 0.25) is 0 Å². The van der Waals surface area contributed by atoms with E-state index in [4.69, 9.17) is 9.47 Å². The Morgan fingerprint density at radius 3 is 1.48 bits per heavy atom. The Morgan fingerprint density at radius 1 is 0.677 bits per heavy atom. The van der Waals surface area contributed by atoms with E-state index >= 15 is 0 Å². The normalized spacial score (nSPS) is 18.8. The highest BCUT2D eigenvalue weighted by molar-refractivity contribution is 5.87. The molecule has 1 aliphatic carbocycles. The molecule has 0 atom stereocenters. The maximum atomic E-state index is 11.6. The van der Waals surface area contributed by atoms with Crippen molar-refractivity contribution < 1.29 is 14.3 Å². The van der Waals surface area contributed by atoms with Gasteiger partial charge in [0.25, 0.3) is 0 Å². The third kappa shape index (κ3) is 16.5. The fraction of sp³-hybridized carbons (Fsp3) is 0.893. The van der Waals surface area contributed by atoms with Crippen LogP contribution >= 0.6 is 0 Å². The van der Waals surface area contributed by atoms with Crippen LogP contribution in [0.4, 0.5) is 0 Å². The summed E-state index contributed by atoms with van der Waals surface area (Å²) >= 11 is 0. The highest BCUT2D eigenvalue weighted by Gasteiger charge is 2.24. The molecule has 1 rings (SSSR count). The number of unbranched alkanes of at least 4 members (excludes halogenated alkanes) is 15. The predicted molar refractivity (Wildman–Crippen MR) is 132 cm³/mol. The molecule has 0 N–H and O–H groups in total. The van der Waals surface area contributed by atoms with E-state index in [2.05, 4.69) is 13.5 Å². The Hall–Kier alpha value is -0.830. The number of carbonyl (C=O) groups excluding carboxylic acids is 1. The summed E-state index contributed by atoms with van der Waals surface area (Å²) in [7, 11) is 0. The minimum absolute atomic E-state index is 0.0552. The van der Waals surface area contributed by atoms with Gasteiger partial charge in [-0.05, 0) is 39.0 Å². The zero-order valence-electron chi connectivity index (χ0n) is 20.9. The molecular weight excluding hydrogens is 384 g/mol. The number of ether oxygens (including phenoxy) is 2. The maximum Gasteiger partial charge on any atom is 0.333 e. The summed E-state index contributed by atoms with van der Waals surface area (Å²) in [6.45, 7) is 8.52. The summed E-state index contributed by atoms with van der Waals surface area (Å²) in [5, 5.41) is 0. The van der Waals surface area contributed by atoms with E-state index in [0.717, 1.165) is 32.3 Å². The molecule has 0 unspecified atom stereocenters. The first kappa shape index (κ1) is 28.2. The molecule has 182 valence electrons. The van der Waals surface area contributed by atoms with Crippen molar-refractivity contribution in [2.24, 2.45) is 0 Å². The molecule has 0 heterocycles. The number of rotatable bonds is 20. The SMILES string of the molecule is C=C(C)C(=O)OC1CCC(OCCCCCCCCCCCCCCCCCC)CC1. The number of hydrogen-bond acceptors (Lipinski definition) is 3.